The molecule has 0 aliphatic heterocycles. The Labute approximate surface area is 211 Å². The number of hydrogen-bond acceptors (Lipinski definition) is 3. The Morgan fingerprint density at radius 1 is 0.886 bits per heavy atom. The molecule has 0 radical (unpaired) electrons. The van der Waals surface area contributed by atoms with Gasteiger partial charge in [-0.2, -0.15) is 0 Å². The molecule has 0 fully saturated rings. The van der Waals surface area contributed by atoms with Gasteiger partial charge in [-0.3, -0.25) is 0 Å². The first kappa shape index (κ1) is 23.1. The van der Waals surface area contributed by atoms with E-state index in [1.165, 1.54) is 0 Å². The van der Waals surface area contributed by atoms with Crippen LogP contribution in [-0.4, -0.2) is 22.9 Å². The van der Waals surface area contributed by atoms with E-state index in [-0.39, 0.29) is 5.88 Å². The number of para-hydroxylation sites is 1. The van der Waals surface area contributed by atoms with Gasteiger partial charge >= 0.3 is 6.16 Å². The molecule has 5 nitrogen and oxygen atoms in total. The topological polar surface area (TPSA) is 71.5 Å². The summed E-state index contributed by atoms with van der Waals surface area (Å²) in [7, 11) is 0. The minimum Gasteiger partial charge on any atom is -0.493 e. The highest BCUT2D eigenvalue weighted by Gasteiger charge is 2.18. The summed E-state index contributed by atoms with van der Waals surface area (Å²) in [6, 6.07) is 25.1. The van der Waals surface area contributed by atoms with E-state index in [1.54, 1.807) is 6.07 Å². The lowest BCUT2D eigenvalue weighted by Gasteiger charge is -2.10. The molecule has 0 saturated heterocycles. The lowest BCUT2D eigenvalue weighted by Crippen LogP contribution is -2.06. The van der Waals surface area contributed by atoms with Crippen molar-refractivity contribution in [2.45, 2.75) is 12.8 Å². The Kier molecular flexibility index (Phi) is 6.53. The molecule has 5 aromatic rings. The molecule has 1 heterocycles. The minimum absolute atomic E-state index is 0.207. The van der Waals surface area contributed by atoms with E-state index in [4.69, 9.17) is 32.7 Å². The van der Waals surface area contributed by atoms with Gasteiger partial charge in [0.15, 0.2) is 0 Å². The molecule has 7 heteroatoms. The Morgan fingerprint density at radius 3 is 2.40 bits per heavy atom. The molecule has 0 unspecified atom stereocenters. The average Bonchev–Trinajstić information content (AvgIpc) is 3.17. The summed E-state index contributed by atoms with van der Waals surface area (Å²) in [6.45, 7) is 0.469. The van der Waals surface area contributed by atoms with Crippen molar-refractivity contribution in [3.8, 4) is 22.8 Å². The molecule has 1 aromatic heterocycles. The highest BCUT2D eigenvalue weighted by atomic mass is 35.5. The lowest BCUT2D eigenvalue weighted by molar-refractivity contribution is 0.142. The third-order valence-electron chi connectivity index (χ3n) is 5.84. The number of aromatic amines is 1. The number of fused-ring (bicyclic) bond motifs is 2. The number of ether oxygens (including phenoxy) is 2. The molecular formula is C28H21Cl2NO4. The number of carboxylic acid groups (broad SMARTS) is 1. The van der Waals surface area contributed by atoms with Crippen molar-refractivity contribution in [3.63, 3.8) is 0 Å². The van der Waals surface area contributed by atoms with Gasteiger partial charge in [0.05, 0.1) is 12.1 Å². The molecule has 0 amide bonds. The fourth-order valence-electron chi connectivity index (χ4n) is 4.37. The zero-order chi connectivity index (χ0) is 24.4. The molecular weight excluding hydrogens is 485 g/mol. The molecule has 0 atom stereocenters. The second-order valence-electron chi connectivity index (χ2n) is 8.12. The monoisotopic (exact) mass is 505 g/mol. The molecule has 176 valence electrons. The van der Waals surface area contributed by atoms with E-state index in [9.17, 15) is 9.90 Å². The number of aromatic nitrogens is 1. The molecule has 5 rings (SSSR count). The van der Waals surface area contributed by atoms with E-state index in [1.807, 2.05) is 72.8 Å². The van der Waals surface area contributed by atoms with Gasteiger partial charge in [0.1, 0.15) is 5.75 Å². The third-order valence-corrected chi connectivity index (χ3v) is 6.28. The minimum atomic E-state index is -1.38. The molecule has 35 heavy (non-hydrogen) atoms. The summed E-state index contributed by atoms with van der Waals surface area (Å²) in [5, 5.41) is 13.4. The number of benzene rings is 4. The highest BCUT2D eigenvalue weighted by Crippen LogP contribution is 2.37. The summed E-state index contributed by atoms with van der Waals surface area (Å²) in [4.78, 5) is 14.5. The van der Waals surface area contributed by atoms with Crippen LogP contribution >= 0.6 is 23.2 Å². The quantitative estimate of drug-likeness (QED) is 0.172. The number of H-pyrrole nitrogens is 1. The molecule has 0 aliphatic carbocycles. The fourth-order valence-corrected chi connectivity index (χ4v) is 4.90. The van der Waals surface area contributed by atoms with Gasteiger partial charge in [-0.15, -0.1) is 0 Å². The highest BCUT2D eigenvalue weighted by molar-refractivity contribution is 6.35. The van der Waals surface area contributed by atoms with Crippen LogP contribution < -0.4 is 9.47 Å². The predicted molar refractivity (Wildman–Crippen MR) is 140 cm³/mol. The average molecular weight is 506 g/mol. The van der Waals surface area contributed by atoms with Crippen LogP contribution in [-0.2, 0) is 6.42 Å². The Bertz CT molecular complexity index is 1520. The van der Waals surface area contributed by atoms with E-state index in [0.29, 0.717) is 29.5 Å². The summed E-state index contributed by atoms with van der Waals surface area (Å²) < 4.78 is 11.2. The van der Waals surface area contributed by atoms with Crippen molar-refractivity contribution in [1.29, 1.82) is 0 Å². The maximum Gasteiger partial charge on any atom is 0.512 e. The van der Waals surface area contributed by atoms with E-state index in [2.05, 4.69) is 4.98 Å². The first-order valence-electron chi connectivity index (χ1n) is 11.1. The van der Waals surface area contributed by atoms with Crippen LogP contribution in [0.5, 0.6) is 11.6 Å². The number of nitrogens with one attached hydrogen (secondary N) is 1. The van der Waals surface area contributed by atoms with Gasteiger partial charge in [0.2, 0.25) is 5.88 Å². The van der Waals surface area contributed by atoms with Gasteiger partial charge in [-0.1, -0.05) is 77.8 Å². The number of carbonyl (C=O) groups is 1. The molecule has 0 spiro atoms. The number of halogens is 2. The smallest absolute Gasteiger partial charge is 0.493 e. The second kappa shape index (κ2) is 9.90. The SMILES string of the molecule is O=C(O)Oc1[nH]c2c(-c3cc(Cl)cc(Cl)c3)cccc2c1CCCOc1cccc2ccccc12. The van der Waals surface area contributed by atoms with Gasteiger partial charge < -0.3 is 19.6 Å². The van der Waals surface area contributed by atoms with Crippen LogP contribution in [0.3, 0.4) is 0 Å². The van der Waals surface area contributed by atoms with Crippen molar-refractivity contribution in [1.82, 2.24) is 4.98 Å². The van der Waals surface area contributed by atoms with Crippen molar-refractivity contribution in [3.05, 3.63) is 94.5 Å². The van der Waals surface area contributed by atoms with Crippen LogP contribution in [0.4, 0.5) is 4.79 Å². The summed E-state index contributed by atoms with van der Waals surface area (Å²) in [5.74, 6) is 1.03. The van der Waals surface area contributed by atoms with E-state index < -0.39 is 6.16 Å². The van der Waals surface area contributed by atoms with Crippen molar-refractivity contribution < 1.29 is 19.4 Å². The maximum absolute atomic E-state index is 11.4. The van der Waals surface area contributed by atoms with Crippen molar-refractivity contribution >= 4 is 51.0 Å². The number of hydrogen-bond donors (Lipinski definition) is 2. The van der Waals surface area contributed by atoms with E-state index in [0.717, 1.165) is 44.1 Å². The maximum atomic E-state index is 11.4. The number of aryl methyl sites for hydroxylation is 1. The largest absolute Gasteiger partial charge is 0.512 e. The van der Waals surface area contributed by atoms with Gasteiger partial charge in [-0.05, 0) is 48.1 Å². The van der Waals surface area contributed by atoms with Gasteiger partial charge in [-0.25, -0.2) is 4.79 Å². The van der Waals surface area contributed by atoms with Crippen LogP contribution in [0.25, 0.3) is 32.8 Å². The zero-order valence-corrected chi connectivity index (χ0v) is 20.1. The Morgan fingerprint density at radius 2 is 1.60 bits per heavy atom. The standard InChI is InChI=1S/C28H21Cl2NO4/c29-19-14-18(15-20(30)16-19)22-9-4-10-23-24(27(31-26(22)23)35-28(32)33)11-5-13-34-25-12-3-7-17-6-1-2-8-21(17)25/h1-4,6-10,12,14-16,31H,5,11,13H2,(H,32,33). The van der Waals surface area contributed by atoms with Crippen LogP contribution in [0.2, 0.25) is 10.0 Å². The second-order valence-corrected chi connectivity index (χ2v) is 8.99. The van der Waals surface area contributed by atoms with Crippen LogP contribution in [0.1, 0.15) is 12.0 Å². The third kappa shape index (κ3) is 4.92. The lowest BCUT2D eigenvalue weighted by atomic mass is 10.0. The number of rotatable bonds is 7. The first-order valence-corrected chi connectivity index (χ1v) is 11.9. The summed E-state index contributed by atoms with van der Waals surface area (Å²) in [6.07, 6.45) is -0.149. The van der Waals surface area contributed by atoms with Crippen molar-refractivity contribution in [2.75, 3.05) is 6.61 Å². The summed E-state index contributed by atoms with van der Waals surface area (Å²) in [5.41, 5.74) is 3.20. The molecule has 4 aromatic carbocycles. The normalized spacial score (nSPS) is 11.1. The molecule has 2 N–H and O–H groups in total. The van der Waals surface area contributed by atoms with E-state index >= 15 is 0 Å². The van der Waals surface area contributed by atoms with Crippen LogP contribution in [0.15, 0.2) is 78.9 Å². The molecule has 0 saturated carbocycles. The first-order chi connectivity index (χ1) is 17.0. The Balaban J connectivity index is 1.43. The fraction of sp³-hybridized carbons (Fsp3) is 0.107. The summed E-state index contributed by atoms with van der Waals surface area (Å²) >= 11 is 12.4. The Hall–Kier alpha value is -3.67. The molecule has 0 bridgehead atoms. The van der Waals surface area contributed by atoms with Crippen molar-refractivity contribution in [2.24, 2.45) is 0 Å². The van der Waals surface area contributed by atoms with Crippen LogP contribution in [0, 0.1) is 0 Å². The zero-order valence-electron chi connectivity index (χ0n) is 18.6. The van der Waals surface area contributed by atoms with Gasteiger partial charge in [0.25, 0.3) is 0 Å². The predicted octanol–water partition coefficient (Wildman–Crippen LogP) is 8.36. The molecule has 0 aliphatic rings. The van der Waals surface area contributed by atoms with Gasteiger partial charge in [0, 0.05) is 31.9 Å².